The van der Waals surface area contributed by atoms with Gasteiger partial charge in [-0.2, -0.15) is 0 Å². The van der Waals surface area contributed by atoms with Gasteiger partial charge in [0.05, 0.1) is 25.4 Å². The molecule has 3 N–H and O–H groups in total. The highest BCUT2D eigenvalue weighted by molar-refractivity contribution is 5.23. The van der Waals surface area contributed by atoms with Gasteiger partial charge in [-0.25, -0.2) is 0 Å². The van der Waals surface area contributed by atoms with E-state index in [1.807, 2.05) is 30.3 Å². The van der Waals surface area contributed by atoms with Gasteiger partial charge in [0.1, 0.15) is 0 Å². The van der Waals surface area contributed by atoms with Crippen molar-refractivity contribution in [3.8, 4) is 0 Å². The number of aryl methyl sites for hydroxylation is 2. The van der Waals surface area contributed by atoms with Crippen LogP contribution in [0.15, 0.2) is 54.6 Å². The molecule has 2 aromatic carbocycles. The molecule has 0 saturated heterocycles. The lowest BCUT2D eigenvalue weighted by molar-refractivity contribution is 0.0420. The summed E-state index contributed by atoms with van der Waals surface area (Å²) in [6.07, 6.45) is 10.7. The molecule has 0 aromatic heterocycles. The highest BCUT2D eigenvalue weighted by atomic mass is 16.5. The van der Waals surface area contributed by atoms with Gasteiger partial charge < -0.3 is 15.6 Å². The number of aliphatic hydroxyl groups excluding tert-OH is 1. The second-order valence-electron chi connectivity index (χ2n) is 8.33. The van der Waals surface area contributed by atoms with Gasteiger partial charge in [-0.1, -0.05) is 93.6 Å². The molecule has 0 bridgehead atoms. The summed E-state index contributed by atoms with van der Waals surface area (Å²) in [5.41, 5.74) is 9.48. The fourth-order valence-electron chi connectivity index (χ4n) is 3.52. The fourth-order valence-corrected chi connectivity index (χ4v) is 3.52. The second kappa shape index (κ2) is 13.5. The van der Waals surface area contributed by atoms with Crippen molar-refractivity contribution in [3.05, 3.63) is 71.3 Å². The van der Waals surface area contributed by atoms with Gasteiger partial charge in [-0.05, 0) is 42.4 Å². The number of ether oxygens (including phenoxy) is 1. The molecular weight excluding hydrogens is 358 g/mol. The number of rotatable bonds is 15. The minimum atomic E-state index is -0.702. The molecule has 160 valence electrons. The van der Waals surface area contributed by atoms with E-state index in [0.717, 1.165) is 18.4 Å². The Morgan fingerprint density at radius 1 is 0.793 bits per heavy atom. The van der Waals surface area contributed by atoms with Crippen molar-refractivity contribution < 1.29 is 9.84 Å². The molecule has 0 fully saturated rings. The van der Waals surface area contributed by atoms with Crippen LogP contribution >= 0.6 is 0 Å². The molecule has 2 aromatic rings. The van der Waals surface area contributed by atoms with Gasteiger partial charge in [0.25, 0.3) is 0 Å². The van der Waals surface area contributed by atoms with Crippen molar-refractivity contribution in [1.82, 2.24) is 0 Å². The predicted molar refractivity (Wildman–Crippen MR) is 122 cm³/mol. The quantitative estimate of drug-likeness (QED) is 0.394. The standard InChI is InChI=1S/C26H39NO2/c1-2-3-4-5-6-8-11-23-14-16-24(17-15-23)18-19-26(27,21-28)22-29-20-25-12-9-7-10-13-25/h7,9-10,12-17,28H,2-6,8,11,18-22,27H2,1H3. The summed E-state index contributed by atoms with van der Waals surface area (Å²) >= 11 is 0. The Labute approximate surface area is 177 Å². The van der Waals surface area contributed by atoms with Crippen LogP contribution in [-0.2, 0) is 24.2 Å². The summed E-state index contributed by atoms with van der Waals surface area (Å²) in [4.78, 5) is 0. The monoisotopic (exact) mass is 397 g/mol. The number of unbranched alkanes of at least 4 members (excludes halogenated alkanes) is 5. The summed E-state index contributed by atoms with van der Waals surface area (Å²) in [6, 6.07) is 18.9. The van der Waals surface area contributed by atoms with Gasteiger partial charge >= 0.3 is 0 Å². The maximum atomic E-state index is 9.77. The van der Waals surface area contributed by atoms with Crippen LogP contribution in [0.3, 0.4) is 0 Å². The zero-order valence-corrected chi connectivity index (χ0v) is 18.1. The van der Waals surface area contributed by atoms with E-state index in [9.17, 15) is 5.11 Å². The lowest BCUT2D eigenvalue weighted by Crippen LogP contribution is -2.48. The molecule has 0 spiro atoms. The molecule has 3 nitrogen and oxygen atoms in total. The lowest BCUT2D eigenvalue weighted by Gasteiger charge is -2.27. The van der Waals surface area contributed by atoms with E-state index in [1.54, 1.807) is 0 Å². The zero-order valence-electron chi connectivity index (χ0n) is 18.1. The van der Waals surface area contributed by atoms with Crippen molar-refractivity contribution in [1.29, 1.82) is 0 Å². The van der Waals surface area contributed by atoms with Crippen molar-refractivity contribution >= 4 is 0 Å². The number of benzene rings is 2. The summed E-state index contributed by atoms with van der Waals surface area (Å²) in [6.45, 7) is 3.06. The molecule has 0 amide bonds. The molecular formula is C26H39NO2. The second-order valence-corrected chi connectivity index (χ2v) is 8.33. The van der Waals surface area contributed by atoms with Gasteiger partial charge in [-0.3, -0.25) is 0 Å². The Bertz CT molecular complexity index is 656. The first-order valence-corrected chi connectivity index (χ1v) is 11.2. The van der Waals surface area contributed by atoms with E-state index in [1.165, 1.54) is 49.7 Å². The molecule has 1 unspecified atom stereocenters. The van der Waals surface area contributed by atoms with Crippen LogP contribution in [-0.4, -0.2) is 23.9 Å². The maximum absolute atomic E-state index is 9.77. The van der Waals surface area contributed by atoms with Gasteiger partial charge in [0.15, 0.2) is 0 Å². The molecule has 0 aliphatic rings. The summed E-state index contributed by atoms with van der Waals surface area (Å²) < 4.78 is 5.78. The van der Waals surface area contributed by atoms with Crippen LogP contribution in [0.1, 0.15) is 68.6 Å². The average Bonchev–Trinajstić information content (AvgIpc) is 2.76. The third kappa shape index (κ3) is 9.58. The number of nitrogens with two attached hydrogens (primary N) is 1. The lowest BCUT2D eigenvalue weighted by atomic mass is 9.93. The Balaban J connectivity index is 1.69. The summed E-state index contributed by atoms with van der Waals surface area (Å²) in [5.74, 6) is 0. The van der Waals surface area contributed by atoms with Crippen molar-refractivity contribution in [2.75, 3.05) is 13.2 Å². The Hall–Kier alpha value is -1.68. The van der Waals surface area contributed by atoms with Gasteiger partial charge in [-0.15, -0.1) is 0 Å². The first kappa shape index (κ1) is 23.6. The molecule has 0 aliphatic heterocycles. The average molecular weight is 398 g/mol. The van der Waals surface area contributed by atoms with Crippen molar-refractivity contribution in [3.63, 3.8) is 0 Å². The van der Waals surface area contributed by atoms with Crippen LogP contribution in [0.25, 0.3) is 0 Å². The Morgan fingerprint density at radius 3 is 2.07 bits per heavy atom. The molecule has 0 aliphatic carbocycles. The Morgan fingerprint density at radius 2 is 1.41 bits per heavy atom. The minimum Gasteiger partial charge on any atom is -0.394 e. The summed E-state index contributed by atoms with van der Waals surface area (Å²) in [5, 5.41) is 9.77. The van der Waals surface area contributed by atoms with Gasteiger partial charge in [0, 0.05) is 0 Å². The zero-order chi connectivity index (χ0) is 20.8. The van der Waals surface area contributed by atoms with E-state index in [4.69, 9.17) is 10.5 Å². The van der Waals surface area contributed by atoms with E-state index in [0.29, 0.717) is 19.6 Å². The highest BCUT2D eigenvalue weighted by Crippen LogP contribution is 2.16. The molecule has 0 heterocycles. The van der Waals surface area contributed by atoms with E-state index < -0.39 is 5.54 Å². The third-order valence-corrected chi connectivity index (χ3v) is 5.57. The third-order valence-electron chi connectivity index (χ3n) is 5.57. The fraction of sp³-hybridized carbons (Fsp3) is 0.538. The SMILES string of the molecule is CCCCCCCCc1ccc(CCC(N)(CO)COCc2ccccc2)cc1. The minimum absolute atomic E-state index is 0.0715. The van der Waals surface area contributed by atoms with Crippen molar-refractivity contribution in [2.24, 2.45) is 5.73 Å². The molecule has 3 heteroatoms. The molecule has 0 radical (unpaired) electrons. The smallest absolute Gasteiger partial charge is 0.0717 e. The van der Waals surface area contributed by atoms with Crippen LogP contribution < -0.4 is 5.73 Å². The number of aliphatic hydroxyl groups is 1. The highest BCUT2D eigenvalue weighted by Gasteiger charge is 2.24. The first-order valence-electron chi connectivity index (χ1n) is 11.2. The largest absolute Gasteiger partial charge is 0.394 e. The molecule has 1 atom stereocenters. The normalized spacial score (nSPS) is 13.3. The van der Waals surface area contributed by atoms with E-state index in [2.05, 4.69) is 31.2 Å². The maximum Gasteiger partial charge on any atom is 0.0717 e. The first-order chi connectivity index (χ1) is 14.1. The Kier molecular flexibility index (Phi) is 11.0. The van der Waals surface area contributed by atoms with Crippen LogP contribution in [0.2, 0.25) is 0 Å². The molecule has 2 rings (SSSR count). The summed E-state index contributed by atoms with van der Waals surface area (Å²) in [7, 11) is 0. The number of hydrogen-bond acceptors (Lipinski definition) is 3. The topological polar surface area (TPSA) is 55.5 Å². The van der Waals surface area contributed by atoms with E-state index in [-0.39, 0.29) is 6.61 Å². The van der Waals surface area contributed by atoms with Gasteiger partial charge in [0.2, 0.25) is 0 Å². The van der Waals surface area contributed by atoms with Crippen LogP contribution in [0.5, 0.6) is 0 Å². The number of hydrogen-bond donors (Lipinski definition) is 2. The van der Waals surface area contributed by atoms with E-state index >= 15 is 0 Å². The molecule has 29 heavy (non-hydrogen) atoms. The van der Waals surface area contributed by atoms with Crippen molar-refractivity contribution in [2.45, 2.75) is 76.9 Å². The molecule has 0 saturated carbocycles. The van der Waals surface area contributed by atoms with Crippen LogP contribution in [0, 0.1) is 0 Å². The predicted octanol–water partition coefficient (Wildman–Crippen LogP) is 5.43. The van der Waals surface area contributed by atoms with Crippen LogP contribution in [0.4, 0.5) is 0 Å².